The topological polar surface area (TPSA) is 158 Å². The summed E-state index contributed by atoms with van der Waals surface area (Å²) in [4.78, 5) is 11.6. The highest BCUT2D eigenvalue weighted by atomic mass is 32.2. The number of hydrogen-bond acceptors (Lipinski definition) is 8. The minimum atomic E-state index is -3.43. The zero-order valence-corrected chi connectivity index (χ0v) is 11.7. The molecule has 21 heavy (non-hydrogen) atoms. The van der Waals surface area contributed by atoms with E-state index in [1.54, 1.807) is 0 Å². The summed E-state index contributed by atoms with van der Waals surface area (Å²) in [5.41, 5.74) is 6.12. The number of sulfonamides is 1. The molecule has 0 atom stereocenters. The molecule has 9 nitrogen and oxygen atoms in total. The van der Waals surface area contributed by atoms with Crippen LogP contribution in [0.3, 0.4) is 0 Å². The summed E-state index contributed by atoms with van der Waals surface area (Å²) in [6, 6.07) is 1.48. The predicted molar refractivity (Wildman–Crippen MR) is 75.0 cm³/mol. The van der Waals surface area contributed by atoms with E-state index in [1.807, 2.05) is 0 Å². The molecule has 2 aromatic heterocycles. The maximum absolute atomic E-state index is 11.2. The Morgan fingerprint density at radius 1 is 1.38 bits per heavy atom. The number of aromatic nitrogens is 3. The summed E-state index contributed by atoms with van der Waals surface area (Å²) in [5.74, 6) is -1.20. The molecule has 0 aliphatic heterocycles. The lowest BCUT2D eigenvalue weighted by atomic mass is 10.2. The van der Waals surface area contributed by atoms with Gasteiger partial charge in [0.2, 0.25) is 10.0 Å². The second kappa shape index (κ2) is 5.32. The van der Waals surface area contributed by atoms with Crippen LogP contribution in [0.15, 0.2) is 24.7 Å². The zero-order valence-electron chi connectivity index (χ0n) is 10.9. The molecule has 0 aliphatic rings. The van der Waals surface area contributed by atoms with E-state index in [0.717, 1.165) is 6.26 Å². The molecular weight excluding hydrogens is 296 g/mol. The van der Waals surface area contributed by atoms with E-state index in [0.29, 0.717) is 5.56 Å². The number of nitrogens with zero attached hydrogens (tertiary/aromatic N) is 3. The van der Waals surface area contributed by atoms with Crippen molar-refractivity contribution in [3.05, 3.63) is 30.4 Å². The number of hydrogen-bond donors (Lipinski definition) is 3. The fourth-order valence-electron chi connectivity index (χ4n) is 1.55. The van der Waals surface area contributed by atoms with Gasteiger partial charge in [-0.15, -0.1) is 0 Å². The predicted octanol–water partition coefficient (Wildman–Crippen LogP) is -0.822. The van der Waals surface area contributed by atoms with Crippen molar-refractivity contribution < 1.29 is 13.5 Å². The van der Waals surface area contributed by atoms with Gasteiger partial charge in [-0.3, -0.25) is 9.71 Å². The quantitative estimate of drug-likeness (QED) is 0.491. The largest absolute Gasteiger partial charge is 0.858 e. The third-order valence-corrected chi connectivity index (χ3v) is 2.96. The summed E-state index contributed by atoms with van der Waals surface area (Å²) in [5, 5.41) is 18.1. The fraction of sp³-hybridized carbons (Fsp3) is 0.0909. The van der Waals surface area contributed by atoms with E-state index in [9.17, 15) is 13.5 Å². The molecule has 0 unspecified atom stereocenters. The average molecular weight is 307 g/mol. The standard InChI is InChI=1S/C11H12N6O3S/c1-21(19,20)17-7-2-6(3-14-4-7)8-5-15-10(12)9(16-8)11(13)18/h2-5,17H,1H3,(H2,12,15)(H2,13,18)/p-1. The summed E-state index contributed by atoms with van der Waals surface area (Å²) >= 11 is 0. The SMILES string of the molecule is CS(=O)(=O)Nc1cncc(-c2cnc(N)c(C(=N)[O-])n2)c1. The maximum atomic E-state index is 11.2. The van der Waals surface area contributed by atoms with E-state index in [4.69, 9.17) is 11.1 Å². The van der Waals surface area contributed by atoms with Crippen LogP contribution in [0.4, 0.5) is 11.5 Å². The van der Waals surface area contributed by atoms with Crippen molar-refractivity contribution in [1.82, 2.24) is 15.0 Å². The molecule has 10 heteroatoms. The van der Waals surface area contributed by atoms with E-state index >= 15 is 0 Å². The van der Waals surface area contributed by atoms with Crippen molar-refractivity contribution in [2.75, 3.05) is 16.7 Å². The number of pyridine rings is 1. The Balaban J connectivity index is 2.45. The van der Waals surface area contributed by atoms with Gasteiger partial charge in [0.1, 0.15) is 11.5 Å². The van der Waals surface area contributed by atoms with Gasteiger partial charge in [-0.25, -0.2) is 18.4 Å². The number of anilines is 2. The minimum Gasteiger partial charge on any atom is -0.858 e. The molecule has 0 fully saturated rings. The minimum absolute atomic E-state index is 0.142. The smallest absolute Gasteiger partial charge is 0.229 e. The summed E-state index contributed by atoms with van der Waals surface area (Å²) in [7, 11) is -3.43. The first-order chi connectivity index (χ1) is 9.76. The summed E-state index contributed by atoms with van der Waals surface area (Å²) in [6.07, 6.45) is 5.07. The molecule has 2 heterocycles. The van der Waals surface area contributed by atoms with Crippen molar-refractivity contribution >= 4 is 27.4 Å². The van der Waals surface area contributed by atoms with Crippen LogP contribution >= 0.6 is 0 Å². The molecule has 2 rings (SSSR count). The summed E-state index contributed by atoms with van der Waals surface area (Å²) < 4.78 is 24.6. The summed E-state index contributed by atoms with van der Waals surface area (Å²) in [6.45, 7) is 0. The highest BCUT2D eigenvalue weighted by Crippen LogP contribution is 2.20. The molecule has 0 saturated heterocycles. The Kier molecular flexibility index (Phi) is 3.72. The first-order valence-corrected chi connectivity index (χ1v) is 7.47. The van der Waals surface area contributed by atoms with Crippen LogP contribution in [-0.4, -0.2) is 35.5 Å². The number of rotatable bonds is 4. The van der Waals surface area contributed by atoms with Crippen LogP contribution in [-0.2, 0) is 10.0 Å². The number of nitrogens with one attached hydrogen (secondary N) is 2. The molecule has 0 radical (unpaired) electrons. The van der Waals surface area contributed by atoms with E-state index in [2.05, 4.69) is 19.7 Å². The van der Waals surface area contributed by atoms with Crippen LogP contribution < -0.4 is 15.6 Å². The maximum Gasteiger partial charge on any atom is 0.229 e. The molecule has 0 aliphatic carbocycles. The second-order valence-corrected chi connectivity index (χ2v) is 5.90. The first-order valence-electron chi connectivity index (χ1n) is 5.58. The van der Waals surface area contributed by atoms with Crippen molar-refractivity contribution in [2.24, 2.45) is 0 Å². The lowest BCUT2D eigenvalue weighted by Crippen LogP contribution is -2.21. The van der Waals surface area contributed by atoms with Crippen molar-refractivity contribution in [2.45, 2.75) is 0 Å². The van der Waals surface area contributed by atoms with E-state index < -0.39 is 15.9 Å². The molecule has 110 valence electrons. The van der Waals surface area contributed by atoms with Crippen molar-refractivity contribution in [1.29, 1.82) is 5.41 Å². The molecule has 0 amide bonds. The van der Waals surface area contributed by atoms with E-state index in [-0.39, 0.29) is 22.9 Å². The molecule has 0 spiro atoms. The number of nitrogens with two attached hydrogens (primary N) is 1. The van der Waals surface area contributed by atoms with Gasteiger partial charge in [0.05, 0.1) is 30.0 Å². The Labute approximate surface area is 120 Å². The monoisotopic (exact) mass is 307 g/mol. The molecule has 4 N–H and O–H groups in total. The van der Waals surface area contributed by atoms with Gasteiger partial charge in [0, 0.05) is 17.7 Å². The van der Waals surface area contributed by atoms with Gasteiger partial charge in [-0.05, 0) is 6.07 Å². The van der Waals surface area contributed by atoms with Crippen LogP contribution in [0, 0.1) is 5.41 Å². The van der Waals surface area contributed by atoms with Gasteiger partial charge in [0.15, 0.2) is 0 Å². The normalized spacial score (nSPS) is 11.1. The van der Waals surface area contributed by atoms with Crippen LogP contribution in [0.2, 0.25) is 0 Å². The number of nitrogen functional groups attached to an aromatic ring is 1. The van der Waals surface area contributed by atoms with Crippen LogP contribution in [0.25, 0.3) is 11.3 Å². The molecule has 0 bridgehead atoms. The van der Waals surface area contributed by atoms with Crippen molar-refractivity contribution in [3.8, 4) is 11.3 Å². The lowest BCUT2D eigenvalue weighted by molar-refractivity contribution is -0.214. The van der Waals surface area contributed by atoms with Crippen LogP contribution in [0.1, 0.15) is 5.69 Å². The van der Waals surface area contributed by atoms with Gasteiger partial charge in [0.25, 0.3) is 0 Å². The zero-order chi connectivity index (χ0) is 15.6. The van der Waals surface area contributed by atoms with Gasteiger partial charge in [-0.1, -0.05) is 0 Å². The fourth-order valence-corrected chi connectivity index (χ4v) is 2.09. The Morgan fingerprint density at radius 3 is 2.71 bits per heavy atom. The Morgan fingerprint density at radius 2 is 2.10 bits per heavy atom. The Hall–Kier alpha value is -2.75. The molecule has 2 aromatic rings. The third-order valence-electron chi connectivity index (χ3n) is 2.35. The lowest BCUT2D eigenvalue weighted by Gasteiger charge is -2.11. The van der Waals surface area contributed by atoms with Crippen LogP contribution in [0.5, 0.6) is 0 Å². The average Bonchev–Trinajstić information content (AvgIpc) is 2.37. The molecule has 0 aromatic carbocycles. The second-order valence-electron chi connectivity index (χ2n) is 4.15. The highest BCUT2D eigenvalue weighted by molar-refractivity contribution is 7.92. The molecular formula is C11H11N6O3S-. The third kappa shape index (κ3) is 3.63. The van der Waals surface area contributed by atoms with Crippen molar-refractivity contribution in [3.63, 3.8) is 0 Å². The Bertz CT molecular complexity index is 805. The molecule has 0 saturated carbocycles. The van der Waals surface area contributed by atoms with Gasteiger partial charge < -0.3 is 16.2 Å². The highest BCUT2D eigenvalue weighted by Gasteiger charge is 2.09. The van der Waals surface area contributed by atoms with E-state index in [1.165, 1.54) is 24.7 Å². The van der Waals surface area contributed by atoms with Gasteiger partial charge in [-0.2, -0.15) is 0 Å². The first kappa shape index (κ1) is 14.7. The van der Waals surface area contributed by atoms with Gasteiger partial charge >= 0.3 is 0 Å².